The third kappa shape index (κ3) is 3.91. The fraction of sp³-hybridized carbons (Fsp3) is 0.118. The van der Waals surface area contributed by atoms with E-state index in [1.54, 1.807) is 37.4 Å². The predicted molar refractivity (Wildman–Crippen MR) is 91.4 cm³/mol. The zero-order valence-electron chi connectivity index (χ0n) is 12.9. The maximum absolute atomic E-state index is 12.3. The van der Waals surface area contributed by atoms with Gasteiger partial charge in [-0.15, -0.1) is 0 Å². The molecule has 0 aliphatic carbocycles. The molecule has 0 saturated carbocycles. The fourth-order valence-electron chi connectivity index (χ4n) is 2.11. The van der Waals surface area contributed by atoms with Gasteiger partial charge in [-0.1, -0.05) is 35.0 Å². The van der Waals surface area contributed by atoms with Crippen molar-refractivity contribution in [2.24, 2.45) is 0 Å². The number of aromatic nitrogens is 2. The van der Waals surface area contributed by atoms with Crippen molar-refractivity contribution in [2.45, 2.75) is 13.5 Å². The Morgan fingerprint density at radius 3 is 2.83 bits per heavy atom. The number of halogens is 1. The number of nitrogens with one attached hydrogen (secondary N) is 2. The number of carbonyl (C=O) groups excluding carboxylic acids is 1. The number of hydrogen-bond acceptors (Lipinski definition) is 5. The number of anilines is 2. The molecular formula is C17H15ClN4O2. The molecule has 0 unspecified atom stereocenters. The lowest BCUT2D eigenvalue weighted by Crippen LogP contribution is -2.24. The summed E-state index contributed by atoms with van der Waals surface area (Å²) in [6.45, 7) is 2.14. The summed E-state index contributed by atoms with van der Waals surface area (Å²) in [4.78, 5) is 16.4. The standard InChI is InChI=1S/C17H15ClN4O2/c1-11-8-16(22-24-11)21-13-6-7-19-15(9-13)17(23)20-10-12-4-2-3-5-14(12)18/h2-9H,10H2,1H3,(H,20,23)(H,19,21,22). The zero-order valence-corrected chi connectivity index (χ0v) is 13.7. The predicted octanol–water partition coefficient (Wildman–Crippen LogP) is 3.71. The van der Waals surface area contributed by atoms with E-state index >= 15 is 0 Å². The third-order valence-corrected chi connectivity index (χ3v) is 3.66. The van der Waals surface area contributed by atoms with Gasteiger partial charge in [-0.2, -0.15) is 0 Å². The van der Waals surface area contributed by atoms with Gasteiger partial charge in [0.2, 0.25) is 0 Å². The first-order valence-electron chi connectivity index (χ1n) is 7.30. The van der Waals surface area contributed by atoms with E-state index in [-0.39, 0.29) is 5.91 Å². The maximum Gasteiger partial charge on any atom is 0.270 e. The molecule has 1 aromatic carbocycles. The summed E-state index contributed by atoms with van der Waals surface area (Å²) < 4.78 is 4.99. The average molecular weight is 343 g/mol. The molecule has 24 heavy (non-hydrogen) atoms. The van der Waals surface area contributed by atoms with E-state index < -0.39 is 0 Å². The van der Waals surface area contributed by atoms with Crippen LogP contribution in [-0.2, 0) is 6.54 Å². The van der Waals surface area contributed by atoms with Crippen LogP contribution in [0.25, 0.3) is 0 Å². The third-order valence-electron chi connectivity index (χ3n) is 3.29. The van der Waals surface area contributed by atoms with Crippen molar-refractivity contribution in [1.82, 2.24) is 15.5 Å². The molecule has 0 spiro atoms. The first kappa shape index (κ1) is 16.0. The number of rotatable bonds is 5. The Hall–Kier alpha value is -2.86. The molecule has 0 bridgehead atoms. The van der Waals surface area contributed by atoms with E-state index in [2.05, 4.69) is 20.8 Å². The Bertz CT molecular complexity index is 863. The molecule has 2 aromatic heterocycles. The highest BCUT2D eigenvalue weighted by molar-refractivity contribution is 6.31. The highest BCUT2D eigenvalue weighted by atomic mass is 35.5. The van der Waals surface area contributed by atoms with Crippen molar-refractivity contribution in [3.05, 3.63) is 70.7 Å². The molecule has 7 heteroatoms. The van der Waals surface area contributed by atoms with Crippen LogP contribution in [0.3, 0.4) is 0 Å². The van der Waals surface area contributed by atoms with Crippen LogP contribution in [-0.4, -0.2) is 16.0 Å². The molecule has 0 aliphatic heterocycles. The van der Waals surface area contributed by atoms with Gasteiger partial charge >= 0.3 is 0 Å². The summed E-state index contributed by atoms with van der Waals surface area (Å²) in [7, 11) is 0. The smallest absolute Gasteiger partial charge is 0.270 e. The first-order chi connectivity index (χ1) is 11.6. The SMILES string of the molecule is Cc1cc(Nc2ccnc(C(=O)NCc3ccccc3Cl)c2)no1. The largest absolute Gasteiger partial charge is 0.360 e. The van der Waals surface area contributed by atoms with Crippen molar-refractivity contribution < 1.29 is 9.32 Å². The lowest BCUT2D eigenvalue weighted by atomic mass is 10.2. The molecule has 6 nitrogen and oxygen atoms in total. The van der Waals surface area contributed by atoms with Gasteiger partial charge < -0.3 is 15.2 Å². The molecule has 0 fully saturated rings. The van der Waals surface area contributed by atoms with Crippen molar-refractivity contribution in [1.29, 1.82) is 0 Å². The molecule has 2 heterocycles. The maximum atomic E-state index is 12.3. The molecule has 0 aliphatic rings. The number of hydrogen-bond donors (Lipinski definition) is 2. The number of pyridine rings is 1. The van der Waals surface area contributed by atoms with E-state index in [9.17, 15) is 4.79 Å². The monoisotopic (exact) mass is 342 g/mol. The Balaban J connectivity index is 1.67. The van der Waals surface area contributed by atoms with Gasteiger partial charge in [-0.05, 0) is 30.7 Å². The number of nitrogens with zero attached hydrogens (tertiary/aromatic N) is 2. The second-order valence-corrected chi connectivity index (χ2v) is 5.56. The van der Waals surface area contributed by atoms with Gasteiger partial charge in [-0.25, -0.2) is 0 Å². The normalized spacial score (nSPS) is 10.4. The van der Waals surface area contributed by atoms with E-state index in [0.29, 0.717) is 34.5 Å². The van der Waals surface area contributed by atoms with Gasteiger partial charge in [0.05, 0.1) is 0 Å². The summed E-state index contributed by atoms with van der Waals surface area (Å²) in [6.07, 6.45) is 1.56. The Kier molecular flexibility index (Phi) is 4.77. The van der Waals surface area contributed by atoms with Crippen molar-refractivity contribution in [3.8, 4) is 0 Å². The van der Waals surface area contributed by atoms with E-state index in [0.717, 1.165) is 5.56 Å². The minimum atomic E-state index is -0.282. The van der Waals surface area contributed by atoms with Gasteiger partial charge in [0.25, 0.3) is 5.91 Å². The molecule has 0 atom stereocenters. The fourth-order valence-corrected chi connectivity index (χ4v) is 2.32. The highest BCUT2D eigenvalue weighted by Crippen LogP contribution is 2.17. The molecule has 3 rings (SSSR count). The summed E-state index contributed by atoms with van der Waals surface area (Å²) >= 11 is 6.08. The summed E-state index contributed by atoms with van der Waals surface area (Å²) in [5.41, 5.74) is 1.84. The lowest BCUT2D eigenvalue weighted by Gasteiger charge is -2.08. The minimum absolute atomic E-state index is 0.282. The molecule has 0 radical (unpaired) electrons. The average Bonchev–Trinajstić information content (AvgIpc) is 2.99. The van der Waals surface area contributed by atoms with Crippen molar-refractivity contribution in [3.63, 3.8) is 0 Å². The molecule has 1 amide bonds. The minimum Gasteiger partial charge on any atom is -0.360 e. The molecule has 0 saturated heterocycles. The Morgan fingerprint density at radius 2 is 2.08 bits per heavy atom. The van der Waals surface area contributed by atoms with Crippen LogP contribution in [0.2, 0.25) is 5.02 Å². The molecular weight excluding hydrogens is 328 g/mol. The van der Waals surface area contributed by atoms with Crippen LogP contribution < -0.4 is 10.6 Å². The van der Waals surface area contributed by atoms with Crippen molar-refractivity contribution in [2.75, 3.05) is 5.32 Å². The van der Waals surface area contributed by atoms with Gasteiger partial charge in [0.1, 0.15) is 11.5 Å². The van der Waals surface area contributed by atoms with Gasteiger partial charge in [0, 0.05) is 29.5 Å². The van der Waals surface area contributed by atoms with Gasteiger partial charge in [-0.3, -0.25) is 9.78 Å². The van der Waals surface area contributed by atoms with Crippen LogP contribution in [0, 0.1) is 6.92 Å². The molecule has 122 valence electrons. The van der Waals surface area contributed by atoms with Crippen LogP contribution in [0.1, 0.15) is 21.8 Å². The summed E-state index contributed by atoms with van der Waals surface area (Å²) in [6, 6.07) is 12.5. The van der Waals surface area contributed by atoms with E-state index in [4.69, 9.17) is 16.1 Å². The van der Waals surface area contributed by atoms with Crippen LogP contribution >= 0.6 is 11.6 Å². The molecule has 3 aromatic rings. The van der Waals surface area contributed by atoms with Crippen molar-refractivity contribution >= 4 is 29.0 Å². The number of aryl methyl sites for hydroxylation is 1. The summed E-state index contributed by atoms with van der Waals surface area (Å²) in [5.74, 6) is 0.986. The van der Waals surface area contributed by atoms with E-state index in [1.807, 2.05) is 18.2 Å². The topological polar surface area (TPSA) is 80.0 Å². The van der Waals surface area contributed by atoms with E-state index in [1.165, 1.54) is 0 Å². The van der Waals surface area contributed by atoms with Crippen LogP contribution in [0.15, 0.2) is 53.2 Å². The second kappa shape index (κ2) is 7.14. The number of amides is 1. The summed E-state index contributed by atoms with van der Waals surface area (Å²) in [5, 5.41) is 10.3. The molecule has 2 N–H and O–H groups in total. The highest BCUT2D eigenvalue weighted by Gasteiger charge is 2.09. The van der Waals surface area contributed by atoms with Crippen LogP contribution in [0.4, 0.5) is 11.5 Å². The second-order valence-electron chi connectivity index (χ2n) is 5.15. The quantitative estimate of drug-likeness (QED) is 0.739. The number of benzene rings is 1. The van der Waals surface area contributed by atoms with Gasteiger partial charge in [0.15, 0.2) is 5.82 Å². The first-order valence-corrected chi connectivity index (χ1v) is 7.67. The lowest BCUT2D eigenvalue weighted by molar-refractivity contribution is 0.0946. The Morgan fingerprint density at radius 1 is 1.25 bits per heavy atom. The van der Waals surface area contributed by atoms with Crippen LogP contribution in [0.5, 0.6) is 0 Å². The zero-order chi connectivity index (χ0) is 16.9. The Labute approximate surface area is 143 Å². The number of carbonyl (C=O) groups is 1.